The Morgan fingerprint density at radius 2 is 1.79 bits per heavy atom. The quantitative estimate of drug-likeness (QED) is 0.637. The van der Waals surface area contributed by atoms with Gasteiger partial charge in [-0.15, -0.1) is 0 Å². The Morgan fingerprint density at radius 1 is 1.05 bits per heavy atom. The van der Waals surface area contributed by atoms with E-state index < -0.39 is 0 Å². The van der Waals surface area contributed by atoms with Crippen molar-refractivity contribution in [3.05, 3.63) is 52.6 Å². The highest BCUT2D eigenvalue weighted by atomic mass is 32.1. The van der Waals surface area contributed by atoms with Crippen molar-refractivity contribution in [2.24, 2.45) is 0 Å². The third-order valence-corrected chi connectivity index (χ3v) is 4.15. The maximum absolute atomic E-state index is 10.8. The second-order valence-corrected chi connectivity index (χ2v) is 5.35. The van der Waals surface area contributed by atoms with Gasteiger partial charge < -0.3 is 0 Å². The molecule has 0 N–H and O–H groups in total. The minimum Gasteiger partial charge on any atom is -0.285 e. The lowest BCUT2D eigenvalue weighted by Gasteiger charge is -2.30. The molecule has 1 aromatic heterocycles. The molecule has 0 unspecified atom stereocenters. The summed E-state index contributed by atoms with van der Waals surface area (Å²) in [5, 5.41) is 16.2. The van der Waals surface area contributed by atoms with Crippen LogP contribution in [0.5, 0.6) is 0 Å². The standard InChI is InChI=1S/C13H13N3O2S/c17-16(18)13-8-7-12(19-13)15-10-4-9-14(15)11-5-2-1-3-6-11/h1-3,5-8H,4,9-10H2. The Bertz CT molecular complexity index is 585. The number of rotatable bonds is 3. The molecule has 98 valence electrons. The SMILES string of the molecule is O=[N+]([O-])c1ccc(N2CCCN2c2ccccc2)s1. The Balaban J connectivity index is 1.88. The van der Waals surface area contributed by atoms with Gasteiger partial charge in [0.15, 0.2) is 0 Å². The van der Waals surface area contributed by atoms with Crippen LogP contribution in [0.3, 0.4) is 0 Å². The molecule has 0 bridgehead atoms. The fourth-order valence-electron chi connectivity index (χ4n) is 2.26. The zero-order valence-electron chi connectivity index (χ0n) is 10.2. The molecule has 1 aliphatic rings. The summed E-state index contributed by atoms with van der Waals surface area (Å²) < 4.78 is 0. The molecule has 0 aliphatic carbocycles. The van der Waals surface area contributed by atoms with Gasteiger partial charge in [0, 0.05) is 19.2 Å². The molecule has 6 heteroatoms. The number of thiophene rings is 1. The largest absolute Gasteiger partial charge is 0.326 e. The van der Waals surface area contributed by atoms with Crippen molar-refractivity contribution in [3.63, 3.8) is 0 Å². The first-order valence-electron chi connectivity index (χ1n) is 6.10. The van der Waals surface area contributed by atoms with E-state index in [9.17, 15) is 10.1 Å². The van der Waals surface area contributed by atoms with Gasteiger partial charge in [0.25, 0.3) is 0 Å². The van der Waals surface area contributed by atoms with Crippen molar-refractivity contribution >= 4 is 27.0 Å². The first kappa shape index (κ1) is 12.0. The lowest BCUT2D eigenvalue weighted by atomic mass is 10.3. The average molecular weight is 275 g/mol. The summed E-state index contributed by atoms with van der Waals surface area (Å²) in [5.74, 6) is 0. The van der Waals surface area contributed by atoms with Gasteiger partial charge in [0.1, 0.15) is 5.00 Å². The predicted molar refractivity (Wildman–Crippen MR) is 76.7 cm³/mol. The molecule has 0 spiro atoms. The zero-order valence-corrected chi connectivity index (χ0v) is 11.0. The molecule has 0 saturated carbocycles. The molecule has 1 fully saturated rings. The van der Waals surface area contributed by atoms with Crippen LogP contribution in [0.25, 0.3) is 0 Å². The van der Waals surface area contributed by atoms with Gasteiger partial charge in [-0.05, 0) is 36.0 Å². The highest BCUT2D eigenvalue weighted by molar-refractivity contribution is 7.19. The van der Waals surface area contributed by atoms with Gasteiger partial charge in [0.05, 0.1) is 10.6 Å². The molecule has 0 radical (unpaired) electrons. The third kappa shape index (κ3) is 2.26. The lowest BCUT2D eigenvalue weighted by Crippen LogP contribution is -2.35. The first-order chi connectivity index (χ1) is 9.25. The number of anilines is 2. The number of hydrazine groups is 1. The van der Waals surface area contributed by atoms with E-state index in [4.69, 9.17) is 0 Å². The maximum atomic E-state index is 10.8. The van der Waals surface area contributed by atoms with Crippen molar-refractivity contribution in [1.29, 1.82) is 0 Å². The number of para-hydroxylation sites is 1. The number of benzene rings is 1. The summed E-state index contributed by atoms with van der Waals surface area (Å²) in [7, 11) is 0. The van der Waals surface area contributed by atoms with E-state index in [0.29, 0.717) is 0 Å². The maximum Gasteiger partial charge on any atom is 0.326 e. The normalized spacial score (nSPS) is 14.9. The second-order valence-electron chi connectivity index (χ2n) is 4.30. The van der Waals surface area contributed by atoms with Crippen LogP contribution in [0.15, 0.2) is 42.5 Å². The number of nitrogens with zero attached hydrogens (tertiary/aromatic N) is 3. The van der Waals surface area contributed by atoms with Gasteiger partial charge in [-0.1, -0.05) is 18.2 Å². The number of hydrogen-bond acceptors (Lipinski definition) is 5. The molecular formula is C13H13N3O2S. The van der Waals surface area contributed by atoms with E-state index >= 15 is 0 Å². The van der Waals surface area contributed by atoms with E-state index in [0.717, 1.165) is 30.2 Å². The highest BCUT2D eigenvalue weighted by Crippen LogP contribution is 2.35. The summed E-state index contributed by atoms with van der Waals surface area (Å²) in [6.07, 6.45) is 1.06. The van der Waals surface area contributed by atoms with Gasteiger partial charge >= 0.3 is 5.00 Å². The molecule has 3 rings (SSSR count). The van der Waals surface area contributed by atoms with Crippen LogP contribution in [0.1, 0.15) is 6.42 Å². The molecule has 1 aromatic carbocycles. The molecule has 19 heavy (non-hydrogen) atoms. The summed E-state index contributed by atoms with van der Waals surface area (Å²) in [6.45, 7) is 1.84. The summed E-state index contributed by atoms with van der Waals surface area (Å²) in [4.78, 5) is 10.4. The molecule has 2 aromatic rings. The summed E-state index contributed by atoms with van der Waals surface area (Å²) in [6, 6.07) is 13.5. The van der Waals surface area contributed by atoms with E-state index in [1.807, 2.05) is 24.3 Å². The number of hydrogen-bond donors (Lipinski definition) is 0. The van der Waals surface area contributed by atoms with Crippen LogP contribution >= 0.6 is 11.3 Å². The van der Waals surface area contributed by atoms with Crippen molar-refractivity contribution in [3.8, 4) is 0 Å². The number of nitro groups is 1. The van der Waals surface area contributed by atoms with Crippen molar-refractivity contribution in [2.45, 2.75) is 6.42 Å². The van der Waals surface area contributed by atoms with Crippen LogP contribution in [0.2, 0.25) is 0 Å². The van der Waals surface area contributed by atoms with Crippen LogP contribution < -0.4 is 10.0 Å². The molecule has 1 aliphatic heterocycles. The Kier molecular flexibility index (Phi) is 3.08. The van der Waals surface area contributed by atoms with Crippen molar-refractivity contribution in [2.75, 3.05) is 23.1 Å². The molecule has 2 heterocycles. The van der Waals surface area contributed by atoms with Crippen LogP contribution in [-0.4, -0.2) is 18.0 Å². The van der Waals surface area contributed by atoms with Crippen LogP contribution in [0.4, 0.5) is 15.7 Å². The van der Waals surface area contributed by atoms with Crippen LogP contribution in [0, 0.1) is 10.1 Å². The smallest absolute Gasteiger partial charge is 0.285 e. The first-order valence-corrected chi connectivity index (χ1v) is 6.91. The van der Waals surface area contributed by atoms with Gasteiger partial charge in [0.2, 0.25) is 0 Å². The second kappa shape index (κ2) is 4.89. The van der Waals surface area contributed by atoms with Gasteiger partial charge in [-0.25, -0.2) is 0 Å². The van der Waals surface area contributed by atoms with Crippen molar-refractivity contribution in [1.82, 2.24) is 0 Å². The topological polar surface area (TPSA) is 49.6 Å². The van der Waals surface area contributed by atoms with Gasteiger partial charge in [-0.3, -0.25) is 20.1 Å². The Morgan fingerprint density at radius 3 is 2.47 bits per heavy atom. The third-order valence-electron chi connectivity index (χ3n) is 3.10. The Labute approximate surface area is 114 Å². The van der Waals surface area contributed by atoms with E-state index in [-0.39, 0.29) is 9.92 Å². The van der Waals surface area contributed by atoms with Crippen LogP contribution in [-0.2, 0) is 0 Å². The highest BCUT2D eigenvalue weighted by Gasteiger charge is 2.25. The molecule has 0 amide bonds. The lowest BCUT2D eigenvalue weighted by molar-refractivity contribution is -0.380. The van der Waals surface area contributed by atoms with E-state index in [1.54, 1.807) is 6.07 Å². The predicted octanol–water partition coefficient (Wildman–Crippen LogP) is 3.29. The van der Waals surface area contributed by atoms with Crippen molar-refractivity contribution < 1.29 is 4.92 Å². The van der Waals surface area contributed by atoms with E-state index in [2.05, 4.69) is 22.2 Å². The minimum absolute atomic E-state index is 0.190. The molecule has 1 saturated heterocycles. The zero-order chi connectivity index (χ0) is 13.2. The monoisotopic (exact) mass is 275 g/mol. The fraction of sp³-hybridized carbons (Fsp3) is 0.231. The Hall–Kier alpha value is -2.08. The van der Waals surface area contributed by atoms with E-state index in [1.165, 1.54) is 11.3 Å². The summed E-state index contributed by atoms with van der Waals surface area (Å²) in [5.41, 5.74) is 1.12. The molecule has 5 nitrogen and oxygen atoms in total. The summed E-state index contributed by atoms with van der Waals surface area (Å²) >= 11 is 1.22. The molecular weight excluding hydrogens is 262 g/mol. The molecule has 0 atom stereocenters. The minimum atomic E-state index is -0.336. The fourth-order valence-corrected chi connectivity index (χ4v) is 3.12. The van der Waals surface area contributed by atoms with Gasteiger partial charge in [-0.2, -0.15) is 0 Å². The average Bonchev–Trinajstić information content (AvgIpc) is 3.08.